The van der Waals surface area contributed by atoms with Gasteiger partial charge in [0.05, 0.1) is 17.9 Å². The second-order valence-electron chi connectivity index (χ2n) is 6.70. The van der Waals surface area contributed by atoms with Crippen molar-refractivity contribution in [1.82, 2.24) is 9.78 Å². The van der Waals surface area contributed by atoms with Gasteiger partial charge >= 0.3 is 6.09 Å². The lowest BCUT2D eigenvalue weighted by atomic mass is 10.1. The van der Waals surface area contributed by atoms with Crippen molar-refractivity contribution >= 4 is 46.8 Å². The molecule has 1 amide bonds. The molecule has 30 heavy (non-hydrogen) atoms. The van der Waals surface area contributed by atoms with Crippen LogP contribution in [0.5, 0.6) is 0 Å². The topological polar surface area (TPSA) is 64.4 Å². The number of nitrogens with zero attached hydrogens (tertiary/aromatic N) is 3. The molecule has 0 bridgehead atoms. The first kappa shape index (κ1) is 20.2. The van der Waals surface area contributed by atoms with Gasteiger partial charge in [0.15, 0.2) is 5.78 Å². The van der Waals surface area contributed by atoms with Gasteiger partial charge < -0.3 is 4.74 Å². The van der Waals surface area contributed by atoms with E-state index in [-0.39, 0.29) is 5.78 Å². The molecule has 1 aliphatic rings. The summed E-state index contributed by atoms with van der Waals surface area (Å²) < 4.78 is 6.53. The fourth-order valence-electron chi connectivity index (χ4n) is 3.19. The Bertz CT molecular complexity index is 1170. The molecule has 1 fully saturated rings. The van der Waals surface area contributed by atoms with Gasteiger partial charge in [-0.05, 0) is 49.4 Å². The molecule has 3 aromatic rings. The Morgan fingerprint density at radius 1 is 1.13 bits per heavy atom. The van der Waals surface area contributed by atoms with Crippen molar-refractivity contribution in [3.05, 3.63) is 81.6 Å². The smallest absolute Gasteiger partial charge is 0.414 e. The van der Waals surface area contributed by atoms with E-state index in [0.717, 1.165) is 5.69 Å². The minimum atomic E-state index is -0.411. The Morgan fingerprint density at radius 3 is 2.63 bits per heavy atom. The summed E-state index contributed by atoms with van der Waals surface area (Å²) in [6.45, 7) is 2.62. The Balaban J connectivity index is 1.59. The van der Waals surface area contributed by atoms with Gasteiger partial charge in [-0.3, -0.25) is 9.69 Å². The molecule has 0 aliphatic carbocycles. The first-order valence-corrected chi connectivity index (χ1v) is 9.97. The summed E-state index contributed by atoms with van der Waals surface area (Å²) in [4.78, 5) is 26.0. The number of ketones is 1. The largest absolute Gasteiger partial charge is 0.447 e. The lowest BCUT2D eigenvalue weighted by Crippen LogP contribution is -2.23. The number of hydrogen-bond donors (Lipinski definition) is 0. The quantitative estimate of drug-likeness (QED) is 0.395. The summed E-state index contributed by atoms with van der Waals surface area (Å²) in [5, 5.41) is 5.41. The number of hydrogen-bond acceptors (Lipinski definition) is 4. The van der Waals surface area contributed by atoms with Gasteiger partial charge in [0.2, 0.25) is 0 Å². The van der Waals surface area contributed by atoms with Gasteiger partial charge in [-0.15, -0.1) is 0 Å². The highest BCUT2D eigenvalue weighted by Crippen LogP contribution is 2.26. The molecule has 1 saturated heterocycles. The van der Waals surface area contributed by atoms with Crippen LogP contribution >= 0.6 is 23.2 Å². The zero-order valence-electron chi connectivity index (χ0n) is 16.0. The average Bonchev–Trinajstić information content (AvgIpc) is 3.29. The van der Waals surface area contributed by atoms with Crippen molar-refractivity contribution in [3.8, 4) is 5.69 Å². The normalized spacial score (nSPS) is 13.8. The van der Waals surface area contributed by atoms with E-state index in [4.69, 9.17) is 27.9 Å². The Kier molecular flexibility index (Phi) is 5.61. The lowest BCUT2D eigenvalue weighted by molar-refractivity contribution is 0.104. The zero-order chi connectivity index (χ0) is 21.3. The van der Waals surface area contributed by atoms with Crippen molar-refractivity contribution in [2.75, 3.05) is 18.1 Å². The molecule has 0 radical (unpaired) electrons. The van der Waals surface area contributed by atoms with E-state index in [9.17, 15) is 9.59 Å². The SMILES string of the molecule is Cc1nn(-c2cccc(Cl)c2)c(Cl)c1C=CC(=O)c1cccc(N2CCOC2=O)c1. The second-order valence-corrected chi connectivity index (χ2v) is 7.49. The van der Waals surface area contributed by atoms with E-state index in [0.29, 0.717) is 45.8 Å². The van der Waals surface area contributed by atoms with Crippen LogP contribution in [-0.2, 0) is 4.74 Å². The van der Waals surface area contributed by atoms with Crippen LogP contribution in [0.1, 0.15) is 21.6 Å². The molecule has 0 saturated carbocycles. The van der Waals surface area contributed by atoms with Crippen LogP contribution in [0.25, 0.3) is 11.8 Å². The summed E-state index contributed by atoms with van der Waals surface area (Å²) in [7, 11) is 0. The van der Waals surface area contributed by atoms with E-state index in [1.807, 2.05) is 19.1 Å². The Morgan fingerprint density at radius 2 is 1.90 bits per heavy atom. The van der Waals surface area contributed by atoms with Gasteiger partial charge in [0.1, 0.15) is 11.8 Å². The number of anilines is 1. The number of carbonyl (C=O) groups is 2. The maximum absolute atomic E-state index is 12.7. The van der Waals surface area contributed by atoms with Gasteiger partial charge in [-0.25, -0.2) is 9.48 Å². The number of allylic oxidation sites excluding steroid dienone is 1. The van der Waals surface area contributed by atoms with Crippen molar-refractivity contribution in [3.63, 3.8) is 0 Å². The standard InChI is InChI=1S/C22H17Cl2N3O3/c1-14-19(21(24)27(25-14)18-7-3-5-16(23)13-18)8-9-20(28)15-4-2-6-17(12-15)26-10-11-30-22(26)29/h2-9,12-13H,10-11H2,1H3. The molecule has 2 aromatic carbocycles. The van der Waals surface area contributed by atoms with E-state index < -0.39 is 6.09 Å². The summed E-state index contributed by atoms with van der Waals surface area (Å²) in [5.41, 5.74) is 3.13. The van der Waals surface area contributed by atoms with E-state index in [2.05, 4.69) is 5.10 Å². The first-order valence-electron chi connectivity index (χ1n) is 9.22. The molecule has 0 N–H and O–H groups in total. The minimum absolute atomic E-state index is 0.213. The van der Waals surface area contributed by atoms with Gasteiger partial charge in [0, 0.05) is 21.8 Å². The summed E-state index contributed by atoms with van der Waals surface area (Å²) in [5.74, 6) is -0.213. The second kappa shape index (κ2) is 8.34. The fourth-order valence-corrected chi connectivity index (χ4v) is 3.71. The van der Waals surface area contributed by atoms with Crippen LogP contribution in [0.2, 0.25) is 10.2 Å². The van der Waals surface area contributed by atoms with Crippen LogP contribution in [0.4, 0.5) is 10.5 Å². The molecular weight excluding hydrogens is 425 g/mol. The van der Waals surface area contributed by atoms with Gasteiger partial charge in [-0.1, -0.05) is 41.4 Å². The van der Waals surface area contributed by atoms with Crippen LogP contribution in [0.15, 0.2) is 54.6 Å². The van der Waals surface area contributed by atoms with Crippen molar-refractivity contribution in [2.45, 2.75) is 6.92 Å². The summed E-state index contributed by atoms with van der Waals surface area (Å²) in [6.07, 6.45) is 2.68. The number of aryl methyl sites for hydroxylation is 1. The number of amides is 1. The average molecular weight is 442 g/mol. The number of cyclic esters (lactones) is 1. The van der Waals surface area contributed by atoms with Crippen LogP contribution in [0, 0.1) is 6.92 Å². The van der Waals surface area contributed by atoms with Crippen LogP contribution in [-0.4, -0.2) is 34.8 Å². The van der Waals surface area contributed by atoms with Crippen LogP contribution in [0.3, 0.4) is 0 Å². The van der Waals surface area contributed by atoms with Crippen molar-refractivity contribution in [2.24, 2.45) is 0 Å². The predicted octanol–water partition coefficient (Wildman–Crippen LogP) is 5.34. The van der Waals surface area contributed by atoms with Gasteiger partial charge in [-0.2, -0.15) is 5.10 Å². The number of halogens is 2. The molecule has 1 aromatic heterocycles. The molecule has 152 valence electrons. The highest BCUT2D eigenvalue weighted by molar-refractivity contribution is 6.32. The molecule has 6 nitrogen and oxygen atoms in total. The predicted molar refractivity (Wildman–Crippen MR) is 117 cm³/mol. The molecular formula is C22H17Cl2N3O3. The molecule has 4 rings (SSSR count). The number of carbonyl (C=O) groups excluding carboxylic acids is 2. The third-order valence-electron chi connectivity index (χ3n) is 4.71. The van der Waals surface area contributed by atoms with Crippen molar-refractivity contribution in [1.29, 1.82) is 0 Å². The molecule has 8 heteroatoms. The number of ether oxygens (including phenoxy) is 1. The van der Waals surface area contributed by atoms with E-state index in [1.165, 1.54) is 11.0 Å². The highest BCUT2D eigenvalue weighted by Gasteiger charge is 2.24. The highest BCUT2D eigenvalue weighted by atomic mass is 35.5. The molecule has 1 aliphatic heterocycles. The third-order valence-corrected chi connectivity index (χ3v) is 5.30. The number of benzene rings is 2. The third kappa shape index (κ3) is 3.97. The maximum Gasteiger partial charge on any atom is 0.414 e. The summed E-state index contributed by atoms with van der Waals surface area (Å²) >= 11 is 12.6. The maximum atomic E-state index is 12.7. The molecule has 0 unspecified atom stereocenters. The molecule has 2 heterocycles. The molecule has 0 spiro atoms. The van der Waals surface area contributed by atoms with Crippen molar-refractivity contribution < 1.29 is 14.3 Å². The first-order chi connectivity index (χ1) is 14.4. The number of aromatic nitrogens is 2. The fraction of sp³-hybridized carbons (Fsp3) is 0.136. The van der Waals surface area contributed by atoms with Gasteiger partial charge in [0.25, 0.3) is 0 Å². The van der Waals surface area contributed by atoms with E-state index >= 15 is 0 Å². The summed E-state index contributed by atoms with van der Waals surface area (Å²) in [6, 6.07) is 14.0. The van der Waals surface area contributed by atoms with Crippen LogP contribution < -0.4 is 4.90 Å². The Labute approximate surface area is 183 Å². The Hall–Kier alpha value is -3.09. The van der Waals surface area contributed by atoms with E-state index in [1.54, 1.807) is 47.2 Å². The monoisotopic (exact) mass is 441 g/mol. The lowest BCUT2D eigenvalue weighted by Gasteiger charge is -2.13. The zero-order valence-corrected chi connectivity index (χ0v) is 17.5. The molecule has 0 atom stereocenters. The minimum Gasteiger partial charge on any atom is -0.447 e. The number of rotatable bonds is 5.